The van der Waals surface area contributed by atoms with Gasteiger partial charge in [0.05, 0.1) is 5.66 Å². The van der Waals surface area contributed by atoms with E-state index in [1.54, 1.807) is 0 Å². The van der Waals surface area contributed by atoms with Gasteiger partial charge in [-0.15, -0.1) is 24.8 Å². The first-order valence-corrected chi connectivity index (χ1v) is 3.91. The molecule has 2 heterocycles. The van der Waals surface area contributed by atoms with Gasteiger partial charge in [0.25, 0.3) is 0 Å². The van der Waals surface area contributed by atoms with Crippen LogP contribution in [-0.4, -0.2) is 18.8 Å². The highest BCUT2D eigenvalue weighted by Gasteiger charge is 2.36. The molecule has 2 fully saturated rings. The predicted octanol–water partition coefficient (Wildman–Crippen LogP) is 1.29. The molecule has 0 amide bonds. The molecule has 11 heavy (non-hydrogen) atoms. The zero-order chi connectivity index (χ0) is 6.16. The summed E-state index contributed by atoms with van der Waals surface area (Å²) in [6, 6.07) is 0. The van der Waals surface area contributed by atoms with E-state index in [9.17, 15) is 0 Å². The van der Waals surface area contributed by atoms with E-state index in [0.717, 1.165) is 0 Å². The van der Waals surface area contributed by atoms with Gasteiger partial charge in [0, 0.05) is 0 Å². The van der Waals surface area contributed by atoms with Gasteiger partial charge < -0.3 is 0 Å². The second-order valence-electron chi connectivity index (χ2n) is 3.14. The lowest BCUT2D eigenvalue weighted by Gasteiger charge is -2.46. The molecule has 1 atom stereocenters. The van der Waals surface area contributed by atoms with Crippen LogP contribution in [0.2, 0.25) is 0 Å². The second-order valence-corrected chi connectivity index (χ2v) is 3.14. The molecule has 0 radical (unpaired) electrons. The van der Waals surface area contributed by atoms with E-state index in [1.165, 1.54) is 38.8 Å². The standard InChI is InChI=1S/C7H14N2.2ClH/c1-2-5-8-7(3-1)4-6-9-7;;/h8-9H,1-6H2;2*1H. The van der Waals surface area contributed by atoms with Crippen molar-refractivity contribution in [2.45, 2.75) is 31.3 Å². The van der Waals surface area contributed by atoms with Gasteiger partial charge in [-0.3, -0.25) is 10.6 Å². The smallest absolute Gasteiger partial charge is 0.0699 e. The first-order chi connectivity index (χ1) is 4.41. The van der Waals surface area contributed by atoms with Crippen LogP contribution in [-0.2, 0) is 0 Å². The van der Waals surface area contributed by atoms with Gasteiger partial charge in [-0.25, -0.2) is 0 Å². The molecular formula is C7H16Cl2N2. The molecule has 2 rings (SSSR count). The Hall–Kier alpha value is 0.500. The third-order valence-corrected chi connectivity index (χ3v) is 2.51. The van der Waals surface area contributed by atoms with E-state index in [2.05, 4.69) is 10.6 Å². The summed E-state index contributed by atoms with van der Waals surface area (Å²) in [5.74, 6) is 0. The Morgan fingerprint density at radius 2 is 1.55 bits per heavy atom. The van der Waals surface area contributed by atoms with Gasteiger partial charge in [-0.1, -0.05) is 0 Å². The Bertz CT molecular complexity index is 107. The van der Waals surface area contributed by atoms with Crippen molar-refractivity contribution < 1.29 is 0 Å². The summed E-state index contributed by atoms with van der Waals surface area (Å²) < 4.78 is 0. The fourth-order valence-electron chi connectivity index (χ4n) is 1.76. The molecule has 68 valence electrons. The van der Waals surface area contributed by atoms with Crippen LogP contribution in [0.4, 0.5) is 0 Å². The minimum absolute atomic E-state index is 0. The maximum Gasteiger partial charge on any atom is 0.0699 e. The molecule has 2 aliphatic heterocycles. The van der Waals surface area contributed by atoms with Crippen LogP contribution in [0.1, 0.15) is 25.7 Å². The maximum absolute atomic E-state index is 3.52. The van der Waals surface area contributed by atoms with Crippen molar-refractivity contribution in [3.63, 3.8) is 0 Å². The lowest BCUT2D eigenvalue weighted by Crippen LogP contribution is -2.67. The molecular weight excluding hydrogens is 183 g/mol. The quantitative estimate of drug-likeness (QED) is 0.614. The Balaban J connectivity index is 0.000000500. The first kappa shape index (κ1) is 11.5. The summed E-state index contributed by atoms with van der Waals surface area (Å²) in [5, 5.41) is 6.97. The third kappa shape index (κ3) is 2.22. The summed E-state index contributed by atoms with van der Waals surface area (Å²) in [6.07, 6.45) is 5.45. The Morgan fingerprint density at radius 3 is 1.82 bits per heavy atom. The largest absolute Gasteiger partial charge is 0.299 e. The normalized spacial score (nSPS) is 34.9. The van der Waals surface area contributed by atoms with Gasteiger partial charge >= 0.3 is 0 Å². The molecule has 2 aliphatic rings. The molecule has 2 N–H and O–H groups in total. The van der Waals surface area contributed by atoms with Crippen LogP contribution in [0.15, 0.2) is 0 Å². The summed E-state index contributed by atoms with van der Waals surface area (Å²) in [5.41, 5.74) is 0.401. The van der Waals surface area contributed by atoms with Gasteiger partial charge in [0.15, 0.2) is 0 Å². The zero-order valence-electron chi connectivity index (χ0n) is 6.56. The molecule has 4 heteroatoms. The molecule has 0 bridgehead atoms. The molecule has 2 nitrogen and oxygen atoms in total. The van der Waals surface area contributed by atoms with Crippen LogP contribution < -0.4 is 10.6 Å². The topological polar surface area (TPSA) is 24.1 Å². The first-order valence-electron chi connectivity index (χ1n) is 3.91. The highest BCUT2D eigenvalue weighted by molar-refractivity contribution is 5.85. The number of hydrogen-bond donors (Lipinski definition) is 2. The van der Waals surface area contributed by atoms with E-state index in [0.29, 0.717) is 5.66 Å². The van der Waals surface area contributed by atoms with E-state index < -0.39 is 0 Å². The van der Waals surface area contributed by atoms with E-state index in [-0.39, 0.29) is 24.8 Å². The van der Waals surface area contributed by atoms with E-state index in [4.69, 9.17) is 0 Å². The molecule has 2 saturated heterocycles. The molecule has 0 saturated carbocycles. The van der Waals surface area contributed by atoms with Crippen LogP contribution in [0.5, 0.6) is 0 Å². The van der Waals surface area contributed by atoms with Crippen molar-refractivity contribution in [1.82, 2.24) is 10.6 Å². The molecule has 0 aliphatic carbocycles. The van der Waals surface area contributed by atoms with Crippen molar-refractivity contribution in [2.24, 2.45) is 0 Å². The number of nitrogens with one attached hydrogen (secondary N) is 2. The Morgan fingerprint density at radius 1 is 0.818 bits per heavy atom. The lowest BCUT2D eigenvalue weighted by molar-refractivity contribution is 0.117. The third-order valence-electron chi connectivity index (χ3n) is 2.51. The molecule has 1 unspecified atom stereocenters. The van der Waals surface area contributed by atoms with Crippen LogP contribution in [0, 0.1) is 0 Å². The summed E-state index contributed by atoms with van der Waals surface area (Å²) in [6.45, 7) is 2.43. The van der Waals surface area contributed by atoms with Crippen molar-refractivity contribution in [1.29, 1.82) is 0 Å². The summed E-state index contributed by atoms with van der Waals surface area (Å²) in [4.78, 5) is 0. The Labute approximate surface area is 80.3 Å². The average molecular weight is 199 g/mol. The van der Waals surface area contributed by atoms with Crippen LogP contribution >= 0.6 is 24.8 Å². The summed E-state index contributed by atoms with van der Waals surface area (Å²) in [7, 11) is 0. The zero-order valence-corrected chi connectivity index (χ0v) is 8.19. The molecule has 0 aromatic heterocycles. The van der Waals surface area contributed by atoms with Crippen molar-refractivity contribution in [3.8, 4) is 0 Å². The molecule has 0 aromatic carbocycles. The van der Waals surface area contributed by atoms with Crippen molar-refractivity contribution in [2.75, 3.05) is 13.1 Å². The fraction of sp³-hybridized carbons (Fsp3) is 1.00. The van der Waals surface area contributed by atoms with E-state index >= 15 is 0 Å². The highest BCUT2D eigenvalue weighted by atomic mass is 35.5. The fourth-order valence-corrected chi connectivity index (χ4v) is 1.76. The van der Waals surface area contributed by atoms with Gasteiger partial charge in [0.2, 0.25) is 0 Å². The minimum Gasteiger partial charge on any atom is -0.299 e. The van der Waals surface area contributed by atoms with Gasteiger partial charge in [0.1, 0.15) is 0 Å². The van der Waals surface area contributed by atoms with Crippen molar-refractivity contribution >= 4 is 24.8 Å². The number of hydrogen-bond acceptors (Lipinski definition) is 2. The SMILES string of the molecule is C1CCC2(CCN2)NC1.Cl.Cl. The monoisotopic (exact) mass is 198 g/mol. The maximum atomic E-state index is 3.52. The second kappa shape index (κ2) is 4.51. The average Bonchev–Trinajstić information content (AvgIpc) is 1.87. The molecule has 1 spiro atoms. The van der Waals surface area contributed by atoms with E-state index in [1.807, 2.05) is 0 Å². The number of rotatable bonds is 0. The minimum atomic E-state index is 0. The lowest BCUT2D eigenvalue weighted by atomic mass is 9.89. The number of piperidine rings is 1. The molecule has 0 aromatic rings. The van der Waals surface area contributed by atoms with Gasteiger partial charge in [-0.2, -0.15) is 0 Å². The van der Waals surface area contributed by atoms with Crippen LogP contribution in [0.25, 0.3) is 0 Å². The predicted molar refractivity (Wildman–Crippen MR) is 51.7 cm³/mol. The highest BCUT2D eigenvalue weighted by Crippen LogP contribution is 2.24. The van der Waals surface area contributed by atoms with Gasteiger partial charge in [-0.05, 0) is 38.8 Å². The number of halogens is 2. The van der Waals surface area contributed by atoms with Crippen LogP contribution in [0.3, 0.4) is 0 Å². The Kier molecular flexibility index (Phi) is 4.71. The summed E-state index contributed by atoms with van der Waals surface area (Å²) >= 11 is 0. The van der Waals surface area contributed by atoms with Crippen molar-refractivity contribution in [3.05, 3.63) is 0 Å².